The van der Waals surface area contributed by atoms with E-state index in [4.69, 9.17) is 21.3 Å². The van der Waals surface area contributed by atoms with Crippen LogP contribution < -0.4 is 0 Å². The molecule has 9 nitrogen and oxygen atoms in total. The average Bonchev–Trinajstić information content (AvgIpc) is 3.80. The molecule has 0 bridgehead atoms. The van der Waals surface area contributed by atoms with Crippen LogP contribution in [0.5, 0.6) is 0 Å². The molecule has 0 N–H and O–H groups in total. The molecule has 2 aromatic heterocycles. The number of piperazine rings is 1. The van der Waals surface area contributed by atoms with Crippen molar-refractivity contribution in [3.05, 3.63) is 80.6 Å². The van der Waals surface area contributed by atoms with Gasteiger partial charge in [0.2, 0.25) is 6.41 Å². The zero-order chi connectivity index (χ0) is 34.8. The van der Waals surface area contributed by atoms with Crippen molar-refractivity contribution in [2.45, 2.75) is 91.8 Å². The van der Waals surface area contributed by atoms with Crippen molar-refractivity contribution >= 4 is 40.0 Å². The lowest BCUT2D eigenvalue weighted by molar-refractivity contribution is -0.118. The zero-order valence-corrected chi connectivity index (χ0v) is 31.8. The molecule has 48 heavy (non-hydrogen) atoms. The van der Waals surface area contributed by atoms with E-state index in [0.29, 0.717) is 13.1 Å². The Labute approximate surface area is 300 Å². The number of aromatic nitrogens is 3. The minimum atomic E-state index is -0.482. The van der Waals surface area contributed by atoms with E-state index in [2.05, 4.69) is 55.5 Å². The van der Waals surface area contributed by atoms with Crippen molar-refractivity contribution in [3.63, 3.8) is 0 Å². The number of carbonyl (C=O) groups is 2. The number of hydrogen-bond acceptors (Lipinski definition) is 6. The quantitative estimate of drug-likeness (QED) is 0.222. The maximum Gasteiger partial charge on any atom is 0.410 e. The number of benzene rings is 1. The summed E-state index contributed by atoms with van der Waals surface area (Å²) in [5, 5.41) is 0.766. The summed E-state index contributed by atoms with van der Waals surface area (Å²) in [4.78, 5) is 38.4. The number of halogens is 2. The Bertz CT molecular complexity index is 1440. The Balaban J connectivity index is 0.000000243. The summed E-state index contributed by atoms with van der Waals surface area (Å²) in [7, 11) is 0. The van der Waals surface area contributed by atoms with Crippen molar-refractivity contribution in [1.29, 1.82) is 0 Å². The Morgan fingerprint density at radius 3 is 2.44 bits per heavy atom. The Kier molecular flexibility index (Phi) is 13.9. The lowest BCUT2D eigenvalue weighted by atomic mass is 9.96. The molecule has 1 aromatic carbocycles. The number of fused-ring (bicyclic) bond motifs is 2. The van der Waals surface area contributed by atoms with Crippen LogP contribution in [0.25, 0.3) is 0 Å². The second-order valence-electron chi connectivity index (χ2n) is 13.4. The highest BCUT2D eigenvalue weighted by Gasteiger charge is 2.34. The molecular weight excluding hydrogens is 692 g/mol. The second-order valence-corrected chi connectivity index (χ2v) is 14.8. The summed E-state index contributed by atoms with van der Waals surface area (Å²) in [6.45, 7) is 17.3. The Morgan fingerprint density at radius 1 is 1.08 bits per heavy atom. The number of nitrogens with zero attached hydrogens (tertiary/aromatic N) is 6. The number of imidazole rings is 1. The zero-order valence-electron chi connectivity index (χ0n) is 29.4. The van der Waals surface area contributed by atoms with Gasteiger partial charge < -0.3 is 19.1 Å². The van der Waals surface area contributed by atoms with E-state index < -0.39 is 5.60 Å². The van der Waals surface area contributed by atoms with Gasteiger partial charge in [-0.3, -0.25) is 14.7 Å². The van der Waals surface area contributed by atoms with Gasteiger partial charge in [-0.1, -0.05) is 31.5 Å². The van der Waals surface area contributed by atoms with Crippen molar-refractivity contribution in [3.8, 4) is 0 Å². The van der Waals surface area contributed by atoms with E-state index in [1.807, 2.05) is 64.3 Å². The van der Waals surface area contributed by atoms with Gasteiger partial charge in [0.15, 0.2) is 0 Å². The highest BCUT2D eigenvalue weighted by molar-refractivity contribution is 9.10. The molecule has 0 radical (unpaired) electrons. The highest BCUT2D eigenvalue weighted by Crippen LogP contribution is 2.38. The molecule has 6 rings (SSSR count). The summed E-state index contributed by atoms with van der Waals surface area (Å²) < 4.78 is 8.68. The van der Waals surface area contributed by atoms with E-state index in [1.54, 1.807) is 4.90 Å². The molecule has 11 heteroatoms. The summed E-state index contributed by atoms with van der Waals surface area (Å²) >= 11 is 9.88. The Morgan fingerprint density at radius 2 is 1.79 bits per heavy atom. The number of hydrogen-bond donors (Lipinski definition) is 0. The fourth-order valence-corrected chi connectivity index (χ4v) is 6.76. The van der Waals surface area contributed by atoms with Crippen molar-refractivity contribution < 1.29 is 14.3 Å². The molecule has 1 unspecified atom stereocenters. The van der Waals surface area contributed by atoms with Crippen LogP contribution in [0, 0.1) is 5.92 Å². The smallest absolute Gasteiger partial charge is 0.410 e. The molecule has 1 saturated carbocycles. The summed E-state index contributed by atoms with van der Waals surface area (Å²) in [6.07, 6.45) is 11.7. The van der Waals surface area contributed by atoms with Gasteiger partial charge in [0.1, 0.15) is 5.60 Å². The summed E-state index contributed by atoms with van der Waals surface area (Å²) in [6, 6.07) is 8.43. The fourth-order valence-electron chi connectivity index (χ4n) is 6.19. The van der Waals surface area contributed by atoms with E-state index in [-0.39, 0.29) is 12.1 Å². The lowest BCUT2D eigenvalue weighted by Gasteiger charge is -2.40. The molecule has 3 aliphatic rings. The number of rotatable bonds is 8. The third-order valence-electron chi connectivity index (χ3n) is 8.75. The first-order valence-corrected chi connectivity index (χ1v) is 18.5. The first-order valence-electron chi connectivity index (χ1n) is 17.4. The summed E-state index contributed by atoms with van der Waals surface area (Å²) in [5.74, 6) is 0.765. The van der Waals surface area contributed by atoms with E-state index in [0.717, 1.165) is 79.5 Å². The first kappa shape index (κ1) is 37.9. The summed E-state index contributed by atoms with van der Waals surface area (Å²) in [5.41, 5.74) is 5.63. The molecule has 2 fully saturated rings. The van der Waals surface area contributed by atoms with Gasteiger partial charge in [-0.15, -0.1) is 0 Å². The average molecular weight is 744 g/mol. The van der Waals surface area contributed by atoms with Crippen LogP contribution in [-0.4, -0.2) is 86.6 Å². The first-order chi connectivity index (χ1) is 23.0. The standard InChI is InChI=1S/C23H27BrClN3O2.C12H19N3O.C2H6/c1-23(2,3)30-22(29)28-10-8-27(9-11-28)21-19-7-6-18(25)13-15(19)4-5-16-12-17(24)14-26-20(16)21;1-2-15-9-13-7-12(15)5-6-14(10-16)8-11-3-4-11;1-2/h6-7,12-14,21H,4-5,8-11H2,1-3H3;7,9-11H,2-6,8H2,1H3;1-2H3. The molecular formula is C37H52BrClN6O3. The van der Waals surface area contributed by atoms with E-state index >= 15 is 0 Å². The van der Waals surface area contributed by atoms with Crippen LogP contribution in [0.2, 0.25) is 5.02 Å². The van der Waals surface area contributed by atoms with E-state index in [9.17, 15) is 9.59 Å². The van der Waals surface area contributed by atoms with Gasteiger partial charge in [-0.25, -0.2) is 9.78 Å². The molecule has 3 heterocycles. The largest absolute Gasteiger partial charge is 0.444 e. The van der Waals surface area contributed by atoms with Crippen molar-refractivity contribution in [2.75, 3.05) is 39.3 Å². The minimum absolute atomic E-state index is 0.0589. The van der Waals surface area contributed by atoms with Crippen LogP contribution in [0.1, 0.15) is 88.5 Å². The van der Waals surface area contributed by atoms with Gasteiger partial charge in [-0.2, -0.15) is 0 Å². The third kappa shape index (κ3) is 10.5. The molecule has 1 saturated heterocycles. The predicted octanol–water partition coefficient (Wildman–Crippen LogP) is 7.58. The molecule has 1 atom stereocenters. The van der Waals surface area contributed by atoms with Crippen LogP contribution in [0.4, 0.5) is 4.79 Å². The maximum atomic E-state index is 12.5. The molecule has 1 aliphatic heterocycles. The van der Waals surface area contributed by atoms with Crippen LogP contribution in [0.15, 0.2) is 47.5 Å². The van der Waals surface area contributed by atoms with Crippen LogP contribution in [-0.2, 0) is 35.3 Å². The molecule has 2 aliphatic carbocycles. The predicted molar refractivity (Wildman–Crippen MR) is 195 cm³/mol. The van der Waals surface area contributed by atoms with Crippen LogP contribution in [0.3, 0.4) is 0 Å². The highest BCUT2D eigenvalue weighted by atomic mass is 79.9. The number of carbonyl (C=O) groups excluding carboxylic acids is 2. The molecule has 2 amide bonds. The number of aryl methyl sites for hydroxylation is 3. The van der Waals surface area contributed by atoms with Gasteiger partial charge >= 0.3 is 6.09 Å². The minimum Gasteiger partial charge on any atom is -0.444 e. The van der Waals surface area contributed by atoms with Gasteiger partial charge in [0, 0.05) is 79.8 Å². The van der Waals surface area contributed by atoms with Crippen molar-refractivity contribution in [1.82, 2.24) is 29.2 Å². The fraction of sp³-hybridized carbons (Fsp3) is 0.568. The molecule has 3 aromatic rings. The monoisotopic (exact) mass is 742 g/mol. The Hall–Kier alpha value is -2.95. The van der Waals surface area contributed by atoms with E-state index in [1.165, 1.54) is 35.2 Å². The SMILES string of the molecule is CC.CC(C)(C)OC(=O)N1CCN(C2c3ccc(Cl)cc3CCc3cc(Br)cnc32)CC1.CCn1cncc1CCN(C=O)CC1CC1. The number of ether oxygens (including phenoxy) is 1. The van der Waals surface area contributed by atoms with Crippen molar-refractivity contribution in [2.24, 2.45) is 5.92 Å². The number of pyridine rings is 1. The van der Waals surface area contributed by atoms with Gasteiger partial charge in [0.05, 0.1) is 18.1 Å². The van der Waals surface area contributed by atoms with Gasteiger partial charge in [-0.05, 0) is 110 Å². The third-order valence-corrected chi connectivity index (χ3v) is 9.42. The number of amides is 2. The van der Waals surface area contributed by atoms with Crippen LogP contribution >= 0.6 is 27.5 Å². The normalized spacial score (nSPS) is 17.4. The topological polar surface area (TPSA) is 83.8 Å². The molecule has 262 valence electrons. The van der Waals surface area contributed by atoms with Gasteiger partial charge in [0.25, 0.3) is 0 Å². The maximum absolute atomic E-state index is 12.5. The second kappa shape index (κ2) is 17.6. The lowest BCUT2D eigenvalue weighted by Crippen LogP contribution is -2.51. The molecule has 0 spiro atoms.